The topological polar surface area (TPSA) is 63.4 Å². The molecular weight excluding hydrogens is 283 g/mol. The van der Waals surface area contributed by atoms with Gasteiger partial charge >= 0.3 is 0 Å². The Kier molecular flexibility index (Phi) is 3.89. The number of carbonyl (C=O) groups is 2. The number of piperidine rings is 1. The monoisotopic (exact) mass is 304 g/mol. The first-order chi connectivity index (χ1) is 10.5. The van der Waals surface area contributed by atoms with E-state index in [2.05, 4.69) is 0 Å². The Balaban J connectivity index is 1.67. The molecule has 1 aliphatic heterocycles. The van der Waals surface area contributed by atoms with Crippen LogP contribution >= 0.6 is 0 Å². The summed E-state index contributed by atoms with van der Waals surface area (Å²) in [6, 6.07) is 6.51. The molecule has 1 aliphatic carbocycles. The first-order valence-electron chi connectivity index (χ1n) is 7.82. The lowest BCUT2D eigenvalue weighted by molar-refractivity contribution is -0.138. The maximum absolute atomic E-state index is 13.0. The van der Waals surface area contributed by atoms with Gasteiger partial charge in [-0.15, -0.1) is 0 Å². The summed E-state index contributed by atoms with van der Waals surface area (Å²) in [7, 11) is 0. The quantitative estimate of drug-likeness (QED) is 0.929. The molecule has 2 fully saturated rings. The Morgan fingerprint density at radius 1 is 1.23 bits per heavy atom. The number of hydrogen-bond donors (Lipinski definition) is 1. The van der Waals surface area contributed by atoms with Crippen LogP contribution in [0.3, 0.4) is 0 Å². The number of likely N-dealkylation sites (tertiary alicyclic amines) is 1. The zero-order valence-electron chi connectivity index (χ0n) is 12.7. The van der Waals surface area contributed by atoms with Gasteiger partial charge in [-0.2, -0.15) is 0 Å². The van der Waals surface area contributed by atoms with Crippen LogP contribution in [0.4, 0.5) is 4.39 Å². The van der Waals surface area contributed by atoms with Gasteiger partial charge in [0.1, 0.15) is 5.82 Å². The van der Waals surface area contributed by atoms with Gasteiger partial charge in [0.05, 0.1) is 5.92 Å². The van der Waals surface area contributed by atoms with Crippen LogP contribution in [0, 0.1) is 17.7 Å². The van der Waals surface area contributed by atoms with Crippen LogP contribution in [0.5, 0.6) is 0 Å². The highest BCUT2D eigenvalue weighted by atomic mass is 19.1. The molecule has 1 aromatic carbocycles. The molecule has 0 aromatic heterocycles. The van der Waals surface area contributed by atoms with E-state index < -0.39 is 0 Å². The van der Waals surface area contributed by atoms with E-state index in [-0.39, 0.29) is 41.4 Å². The molecule has 4 atom stereocenters. The van der Waals surface area contributed by atoms with Crippen LogP contribution in [-0.2, 0) is 9.59 Å². The van der Waals surface area contributed by atoms with Gasteiger partial charge in [-0.1, -0.05) is 12.1 Å². The summed E-state index contributed by atoms with van der Waals surface area (Å²) >= 11 is 0. The van der Waals surface area contributed by atoms with Crippen molar-refractivity contribution in [2.75, 3.05) is 6.54 Å². The average molecular weight is 304 g/mol. The van der Waals surface area contributed by atoms with Crippen molar-refractivity contribution in [3.63, 3.8) is 0 Å². The molecule has 2 aliphatic rings. The molecular formula is C17H21FN2O2. The molecule has 1 heterocycles. The fourth-order valence-electron chi connectivity index (χ4n) is 3.41. The van der Waals surface area contributed by atoms with Crippen LogP contribution in [0.1, 0.15) is 37.7 Å². The highest BCUT2D eigenvalue weighted by molar-refractivity contribution is 5.84. The van der Waals surface area contributed by atoms with Crippen LogP contribution < -0.4 is 5.73 Å². The smallest absolute Gasteiger partial charge is 0.226 e. The molecule has 1 aromatic rings. The lowest BCUT2D eigenvalue weighted by atomic mass is 9.92. The van der Waals surface area contributed by atoms with E-state index in [0.29, 0.717) is 6.54 Å². The second kappa shape index (κ2) is 5.71. The predicted molar refractivity (Wildman–Crippen MR) is 80.3 cm³/mol. The summed E-state index contributed by atoms with van der Waals surface area (Å²) in [4.78, 5) is 25.9. The van der Waals surface area contributed by atoms with E-state index in [4.69, 9.17) is 5.73 Å². The Bertz CT molecular complexity index is 587. The normalized spacial score (nSPS) is 30.9. The number of benzene rings is 1. The summed E-state index contributed by atoms with van der Waals surface area (Å²) in [6.45, 7) is 2.45. The summed E-state index contributed by atoms with van der Waals surface area (Å²) in [6.07, 6.45) is 2.37. The van der Waals surface area contributed by atoms with Crippen LogP contribution in [0.25, 0.3) is 0 Å². The van der Waals surface area contributed by atoms with Crippen molar-refractivity contribution < 1.29 is 14.0 Å². The molecule has 0 spiro atoms. The van der Waals surface area contributed by atoms with Crippen LogP contribution in [0.2, 0.25) is 0 Å². The third-order valence-electron chi connectivity index (χ3n) is 4.97. The Hall–Kier alpha value is -1.91. The van der Waals surface area contributed by atoms with Crippen molar-refractivity contribution in [3.05, 3.63) is 35.6 Å². The maximum atomic E-state index is 13.0. The maximum Gasteiger partial charge on any atom is 0.226 e. The third kappa shape index (κ3) is 2.85. The summed E-state index contributed by atoms with van der Waals surface area (Å²) in [5.74, 6) is -0.582. The fourth-order valence-corrected chi connectivity index (χ4v) is 3.41. The number of primary amides is 1. The van der Waals surface area contributed by atoms with E-state index in [1.807, 2.05) is 11.8 Å². The van der Waals surface area contributed by atoms with Crippen molar-refractivity contribution >= 4 is 11.8 Å². The molecule has 3 rings (SSSR count). The van der Waals surface area contributed by atoms with E-state index in [1.165, 1.54) is 12.1 Å². The molecule has 22 heavy (non-hydrogen) atoms. The van der Waals surface area contributed by atoms with Crippen molar-refractivity contribution in [2.45, 2.75) is 38.1 Å². The summed E-state index contributed by atoms with van der Waals surface area (Å²) in [5, 5.41) is 0. The zero-order valence-corrected chi connectivity index (χ0v) is 12.7. The molecule has 118 valence electrons. The standard InChI is InChI=1S/C17H21FN2O2/c1-10-2-3-12(16(19)21)9-20(10)17(22)15-8-14(15)11-4-6-13(18)7-5-11/h4-7,10,12,14-15H,2-3,8-9H2,1H3,(H2,19,21)/t10-,12+,14-,15-/m1/s1. The minimum atomic E-state index is -0.324. The lowest BCUT2D eigenvalue weighted by Crippen LogP contribution is -2.49. The predicted octanol–water partition coefficient (Wildman–Crippen LogP) is 2.04. The number of halogens is 1. The second-order valence-electron chi connectivity index (χ2n) is 6.52. The molecule has 5 heteroatoms. The van der Waals surface area contributed by atoms with Gasteiger partial charge in [-0.05, 0) is 49.8 Å². The highest BCUT2D eigenvalue weighted by Crippen LogP contribution is 2.49. The number of rotatable bonds is 3. The SMILES string of the molecule is C[C@@H]1CC[C@H](C(N)=O)CN1C(=O)[C@@H]1C[C@@H]1c1ccc(F)cc1. The highest BCUT2D eigenvalue weighted by Gasteiger charge is 2.47. The van der Waals surface area contributed by atoms with Crippen molar-refractivity contribution in [1.82, 2.24) is 4.90 Å². The van der Waals surface area contributed by atoms with Gasteiger partial charge in [0.15, 0.2) is 0 Å². The van der Waals surface area contributed by atoms with Gasteiger partial charge in [0.2, 0.25) is 11.8 Å². The first-order valence-corrected chi connectivity index (χ1v) is 7.82. The Morgan fingerprint density at radius 2 is 1.91 bits per heavy atom. The van der Waals surface area contributed by atoms with Crippen LogP contribution in [-0.4, -0.2) is 29.3 Å². The second-order valence-corrected chi connectivity index (χ2v) is 6.52. The number of nitrogens with two attached hydrogens (primary N) is 1. The molecule has 4 nitrogen and oxygen atoms in total. The first kappa shape index (κ1) is 15.0. The summed E-state index contributed by atoms with van der Waals surface area (Å²) in [5.41, 5.74) is 6.40. The zero-order chi connectivity index (χ0) is 15.9. The average Bonchev–Trinajstić information content (AvgIpc) is 3.28. The molecule has 0 bridgehead atoms. The Morgan fingerprint density at radius 3 is 2.55 bits per heavy atom. The molecule has 0 unspecified atom stereocenters. The third-order valence-corrected chi connectivity index (χ3v) is 4.97. The number of hydrogen-bond acceptors (Lipinski definition) is 2. The number of carbonyl (C=O) groups excluding carboxylic acids is 2. The van der Waals surface area contributed by atoms with Gasteiger partial charge in [-0.3, -0.25) is 9.59 Å². The molecule has 1 saturated carbocycles. The molecule has 1 saturated heterocycles. The van der Waals surface area contributed by atoms with E-state index >= 15 is 0 Å². The van der Waals surface area contributed by atoms with Gasteiger partial charge in [-0.25, -0.2) is 4.39 Å². The minimum absolute atomic E-state index is 0.0421. The van der Waals surface area contributed by atoms with E-state index in [9.17, 15) is 14.0 Å². The fraction of sp³-hybridized carbons (Fsp3) is 0.529. The van der Waals surface area contributed by atoms with E-state index in [0.717, 1.165) is 24.8 Å². The summed E-state index contributed by atoms with van der Waals surface area (Å²) < 4.78 is 13.0. The van der Waals surface area contributed by atoms with E-state index in [1.54, 1.807) is 12.1 Å². The number of amides is 2. The Labute approximate surface area is 129 Å². The van der Waals surface area contributed by atoms with Crippen molar-refractivity contribution in [1.29, 1.82) is 0 Å². The van der Waals surface area contributed by atoms with Gasteiger partial charge in [0.25, 0.3) is 0 Å². The number of nitrogens with zero attached hydrogens (tertiary/aromatic N) is 1. The van der Waals surface area contributed by atoms with Crippen molar-refractivity contribution in [2.24, 2.45) is 17.6 Å². The largest absolute Gasteiger partial charge is 0.369 e. The molecule has 0 radical (unpaired) electrons. The molecule has 2 N–H and O–H groups in total. The van der Waals surface area contributed by atoms with Gasteiger partial charge in [0, 0.05) is 18.5 Å². The van der Waals surface area contributed by atoms with Crippen molar-refractivity contribution in [3.8, 4) is 0 Å². The minimum Gasteiger partial charge on any atom is -0.369 e. The van der Waals surface area contributed by atoms with Gasteiger partial charge < -0.3 is 10.6 Å². The van der Waals surface area contributed by atoms with Crippen LogP contribution in [0.15, 0.2) is 24.3 Å². The lowest BCUT2D eigenvalue weighted by Gasteiger charge is -2.37. The molecule has 2 amide bonds.